The Morgan fingerprint density at radius 1 is 1.37 bits per heavy atom. The molecule has 0 bridgehead atoms. The van der Waals surface area contributed by atoms with Crippen LogP contribution in [0, 0.1) is 0 Å². The average molecular weight is 282 g/mol. The molecule has 0 heterocycles. The molecule has 2 rings (SSSR count). The van der Waals surface area contributed by atoms with Crippen molar-refractivity contribution in [2.24, 2.45) is 0 Å². The number of hydrogen-bond donors (Lipinski definition) is 1. The summed E-state index contributed by atoms with van der Waals surface area (Å²) in [5.74, 6) is 0. The van der Waals surface area contributed by atoms with E-state index < -0.39 is 0 Å². The first kappa shape index (κ1) is 14.8. The molecule has 1 aromatic rings. The number of ether oxygens (including phenoxy) is 1. The first-order chi connectivity index (χ1) is 9.19. The molecule has 106 valence electrons. The topological polar surface area (TPSA) is 21.3 Å². The number of methoxy groups -OCH3 is 1. The van der Waals surface area contributed by atoms with Crippen LogP contribution in [0.15, 0.2) is 24.3 Å². The third kappa shape index (κ3) is 4.48. The summed E-state index contributed by atoms with van der Waals surface area (Å²) < 4.78 is 5.48. The van der Waals surface area contributed by atoms with Crippen LogP contribution >= 0.6 is 11.6 Å². The average Bonchev–Trinajstić information content (AvgIpc) is 2.41. The Kier molecular flexibility index (Phi) is 5.68. The van der Waals surface area contributed by atoms with Gasteiger partial charge in [-0.15, -0.1) is 0 Å². The summed E-state index contributed by atoms with van der Waals surface area (Å²) in [7, 11) is 1.82. The molecule has 3 heteroatoms. The minimum atomic E-state index is 0.429. The van der Waals surface area contributed by atoms with Crippen LogP contribution in [0.1, 0.15) is 38.2 Å². The molecular weight excluding hydrogens is 258 g/mol. The molecule has 1 fully saturated rings. The van der Waals surface area contributed by atoms with E-state index in [1.165, 1.54) is 24.8 Å². The van der Waals surface area contributed by atoms with Crippen LogP contribution < -0.4 is 5.32 Å². The van der Waals surface area contributed by atoms with Gasteiger partial charge in [-0.05, 0) is 50.7 Å². The summed E-state index contributed by atoms with van der Waals surface area (Å²) in [6.45, 7) is 2.24. The van der Waals surface area contributed by atoms with Gasteiger partial charge in [-0.25, -0.2) is 0 Å². The molecule has 2 nitrogen and oxygen atoms in total. The molecule has 3 unspecified atom stereocenters. The predicted octanol–water partition coefficient (Wildman–Crippen LogP) is 3.82. The predicted molar refractivity (Wildman–Crippen MR) is 80.8 cm³/mol. The monoisotopic (exact) mass is 281 g/mol. The van der Waals surface area contributed by atoms with Gasteiger partial charge in [-0.1, -0.05) is 29.8 Å². The second-order valence-electron chi connectivity index (χ2n) is 5.58. The second-order valence-corrected chi connectivity index (χ2v) is 5.99. The van der Waals surface area contributed by atoms with Gasteiger partial charge in [0.2, 0.25) is 0 Å². The van der Waals surface area contributed by atoms with E-state index >= 15 is 0 Å². The van der Waals surface area contributed by atoms with E-state index in [1.807, 2.05) is 19.2 Å². The van der Waals surface area contributed by atoms with Gasteiger partial charge in [-0.3, -0.25) is 0 Å². The highest BCUT2D eigenvalue weighted by Crippen LogP contribution is 2.22. The van der Waals surface area contributed by atoms with Crippen molar-refractivity contribution >= 4 is 11.6 Å². The van der Waals surface area contributed by atoms with Gasteiger partial charge in [0.25, 0.3) is 0 Å². The van der Waals surface area contributed by atoms with Crippen LogP contribution in [0.25, 0.3) is 0 Å². The fraction of sp³-hybridized carbons (Fsp3) is 0.625. The van der Waals surface area contributed by atoms with Gasteiger partial charge >= 0.3 is 0 Å². The van der Waals surface area contributed by atoms with Gasteiger partial charge in [0.1, 0.15) is 0 Å². The van der Waals surface area contributed by atoms with Crippen molar-refractivity contribution in [3.63, 3.8) is 0 Å². The Hall–Kier alpha value is -0.570. The van der Waals surface area contributed by atoms with Gasteiger partial charge < -0.3 is 10.1 Å². The lowest BCUT2D eigenvalue weighted by atomic mass is 9.92. The van der Waals surface area contributed by atoms with Crippen LogP contribution in [0.2, 0.25) is 5.02 Å². The molecule has 0 aliphatic heterocycles. The van der Waals surface area contributed by atoms with Crippen LogP contribution in [-0.2, 0) is 11.2 Å². The zero-order valence-electron chi connectivity index (χ0n) is 11.9. The SMILES string of the molecule is COC1CCCC(NC(C)Cc2ccccc2Cl)C1. The zero-order valence-corrected chi connectivity index (χ0v) is 12.6. The standard InChI is InChI=1S/C16H24ClNO/c1-12(10-13-6-3-4-9-16(13)17)18-14-7-5-8-15(11-14)19-2/h3-4,6,9,12,14-15,18H,5,7-8,10-11H2,1-2H3. The molecule has 1 aromatic carbocycles. The summed E-state index contributed by atoms with van der Waals surface area (Å²) >= 11 is 6.21. The third-order valence-electron chi connectivity index (χ3n) is 3.96. The Morgan fingerprint density at radius 3 is 2.89 bits per heavy atom. The van der Waals surface area contributed by atoms with Crippen LogP contribution in [0.5, 0.6) is 0 Å². The lowest BCUT2D eigenvalue weighted by molar-refractivity contribution is 0.0573. The fourth-order valence-electron chi connectivity index (χ4n) is 2.97. The Labute approximate surface area is 121 Å². The molecule has 1 N–H and O–H groups in total. The van der Waals surface area contributed by atoms with Gasteiger partial charge in [0.15, 0.2) is 0 Å². The lowest BCUT2D eigenvalue weighted by Crippen LogP contribution is -2.42. The molecule has 0 aromatic heterocycles. The highest BCUT2D eigenvalue weighted by Gasteiger charge is 2.22. The van der Waals surface area contributed by atoms with Crippen molar-refractivity contribution in [1.29, 1.82) is 0 Å². The van der Waals surface area contributed by atoms with E-state index in [9.17, 15) is 0 Å². The minimum Gasteiger partial charge on any atom is -0.381 e. The maximum Gasteiger partial charge on any atom is 0.0586 e. The third-order valence-corrected chi connectivity index (χ3v) is 4.33. The molecule has 1 aliphatic rings. The molecule has 1 aliphatic carbocycles. The van der Waals surface area contributed by atoms with Crippen molar-refractivity contribution in [2.45, 2.75) is 57.2 Å². The maximum atomic E-state index is 6.21. The summed E-state index contributed by atoms with van der Waals surface area (Å²) in [6.07, 6.45) is 6.26. The molecule has 19 heavy (non-hydrogen) atoms. The Morgan fingerprint density at radius 2 is 2.16 bits per heavy atom. The molecule has 0 spiro atoms. The highest BCUT2D eigenvalue weighted by molar-refractivity contribution is 6.31. The van der Waals surface area contributed by atoms with Gasteiger partial charge in [0, 0.05) is 24.2 Å². The minimum absolute atomic E-state index is 0.429. The van der Waals surface area contributed by atoms with E-state index in [4.69, 9.17) is 16.3 Å². The number of nitrogens with one attached hydrogen (secondary N) is 1. The summed E-state index contributed by atoms with van der Waals surface area (Å²) in [5, 5.41) is 4.59. The largest absolute Gasteiger partial charge is 0.381 e. The van der Waals surface area contributed by atoms with Gasteiger partial charge in [-0.2, -0.15) is 0 Å². The zero-order chi connectivity index (χ0) is 13.7. The number of halogens is 1. The van der Waals surface area contributed by atoms with Crippen LogP contribution in [0.3, 0.4) is 0 Å². The molecule has 0 saturated heterocycles. The normalized spacial score (nSPS) is 25.2. The van der Waals surface area contributed by atoms with Crippen molar-refractivity contribution < 1.29 is 4.74 Å². The van der Waals surface area contributed by atoms with Crippen LogP contribution in [-0.4, -0.2) is 25.3 Å². The van der Waals surface area contributed by atoms with E-state index in [1.54, 1.807) is 0 Å². The quantitative estimate of drug-likeness (QED) is 0.886. The summed E-state index contributed by atoms with van der Waals surface area (Å²) in [6, 6.07) is 9.13. The maximum absolute atomic E-state index is 6.21. The molecule has 0 radical (unpaired) electrons. The number of rotatable bonds is 5. The molecule has 1 saturated carbocycles. The first-order valence-electron chi connectivity index (χ1n) is 7.21. The van der Waals surface area contributed by atoms with Crippen molar-refractivity contribution in [2.75, 3.05) is 7.11 Å². The smallest absolute Gasteiger partial charge is 0.0586 e. The summed E-state index contributed by atoms with van der Waals surface area (Å²) in [5.41, 5.74) is 1.23. The first-order valence-corrected chi connectivity index (χ1v) is 7.59. The number of hydrogen-bond acceptors (Lipinski definition) is 2. The number of benzene rings is 1. The second kappa shape index (κ2) is 7.28. The molecule has 3 atom stereocenters. The lowest BCUT2D eigenvalue weighted by Gasteiger charge is -2.31. The Bertz CT molecular complexity index is 396. The molecular formula is C16H24ClNO. The Balaban J connectivity index is 1.84. The van der Waals surface area contributed by atoms with Crippen molar-refractivity contribution in [3.05, 3.63) is 34.9 Å². The van der Waals surface area contributed by atoms with Crippen molar-refractivity contribution in [1.82, 2.24) is 5.32 Å². The van der Waals surface area contributed by atoms with E-state index in [0.29, 0.717) is 18.2 Å². The molecule has 0 amide bonds. The summed E-state index contributed by atoms with van der Waals surface area (Å²) in [4.78, 5) is 0. The highest BCUT2D eigenvalue weighted by atomic mass is 35.5. The van der Waals surface area contributed by atoms with Crippen molar-refractivity contribution in [3.8, 4) is 0 Å². The fourth-order valence-corrected chi connectivity index (χ4v) is 3.18. The van der Waals surface area contributed by atoms with E-state index in [2.05, 4.69) is 24.4 Å². The van der Waals surface area contributed by atoms with Gasteiger partial charge in [0.05, 0.1) is 6.10 Å². The van der Waals surface area contributed by atoms with Crippen LogP contribution in [0.4, 0.5) is 0 Å². The van der Waals surface area contributed by atoms with E-state index in [0.717, 1.165) is 17.9 Å². The van der Waals surface area contributed by atoms with E-state index in [-0.39, 0.29) is 0 Å².